The van der Waals surface area contributed by atoms with Crippen molar-refractivity contribution in [2.24, 2.45) is 0 Å². The van der Waals surface area contributed by atoms with Crippen LogP contribution in [0.3, 0.4) is 0 Å². The zero-order chi connectivity index (χ0) is 11.6. The molecule has 1 N–H and O–H groups in total. The highest BCUT2D eigenvalue weighted by molar-refractivity contribution is 5.20. The highest BCUT2D eigenvalue weighted by Crippen LogP contribution is 2.08. The van der Waals surface area contributed by atoms with E-state index in [1.165, 1.54) is 0 Å². The molecular weight excluding hydrogens is 206 g/mol. The van der Waals surface area contributed by atoms with Crippen molar-refractivity contribution < 1.29 is 9.47 Å². The Labute approximate surface area is 95.0 Å². The Balaban J connectivity index is 2.31. The van der Waals surface area contributed by atoms with Crippen molar-refractivity contribution in [3.63, 3.8) is 0 Å². The zero-order valence-corrected chi connectivity index (χ0v) is 9.27. The summed E-state index contributed by atoms with van der Waals surface area (Å²) < 4.78 is 10.00. The fraction of sp³-hybridized carbons (Fsp3) is 0.455. The maximum absolute atomic E-state index is 8.33. The monoisotopic (exact) mass is 221 g/mol. The average Bonchev–Trinajstić information content (AvgIpc) is 2.33. The molecule has 1 rings (SSSR count). The van der Waals surface area contributed by atoms with Gasteiger partial charge in [0.1, 0.15) is 11.8 Å². The lowest BCUT2D eigenvalue weighted by Gasteiger charge is -2.04. The third kappa shape index (κ3) is 4.73. The summed E-state index contributed by atoms with van der Waals surface area (Å²) in [5, 5.41) is 11.5. The van der Waals surface area contributed by atoms with E-state index in [2.05, 4.69) is 10.3 Å². The largest absolute Gasteiger partial charge is 0.477 e. The van der Waals surface area contributed by atoms with Crippen LogP contribution in [0.5, 0.6) is 5.75 Å². The van der Waals surface area contributed by atoms with E-state index >= 15 is 0 Å². The minimum Gasteiger partial charge on any atom is -0.477 e. The number of hydrogen-bond acceptors (Lipinski definition) is 5. The molecule has 5 nitrogen and oxygen atoms in total. The minimum atomic E-state index is 0.0487. The van der Waals surface area contributed by atoms with E-state index in [0.717, 1.165) is 12.2 Å². The lowest BCUT2D eigenvalue weighted by atomic mass is 10.3. The number of nitrogens with one attached hydrogen (secondary N) is 1. The first-order valence-electron chi connectivity index (χ1n) is 5.01. The van der Waals surface area contributed by atoms with E-state index in [-0.39, 0.29) is 6.61 Å². The van der Waals surface area contributed by atoms with Gasteiger partial charge in [-0.15, -0.1) is 0 Å². The van der Waals surface area contributed by atoms with Crippen molar-refractivity contribution in [2.45, 2.75) is 6.54 Å². The van der Waals surface area contributed by atoms with Gasteiger partial charge in [-0.2, -0.15) is 5.26 Å². The van der Waals surface area contributed by atoms with Crippen LogP contribution >= 0.6 is 0 Å². The van der Waals surface area contributed by atoms with Gasteiger partial charge in [-0.3, -0.25) is 4.98 Å². The van der Waals surface area contributed by atoms with Gasteiger partial charge in [-0.1, -0.05) is 0 Å². The Bertz CT molecular complexity index is 332. The van der Waals surface area contributed by atoms with Crippen LogP contribution in [0.25, 0.3) is 0 Å². The first kappa shape index (κ1) is 12.4. The molecule has 0 saturated heterocycles. The van der Waals surface area contributed by atoms with Crippen molar-refractivity contribution in [1.29, 1.82) is 5.26 Å². The Hall–Kier alpha value is -1.64. The number of nitriles is 1. The molecule has 5 heteroatoms. The van der Waals surface area contributed by atoms with Crippen molar-refractivity contribution in [3.05, 3.63) is 24.0 Å². The Kier molecular flexibility index (Phi) is 5.92. The summed E-state index contributed by atoms with van der Waals surface area (Å²) in [5.41, 5.74) is 0.931. The van der Waals surface area contributed by atoms with Gasteiger partial charge < -0.3 is 14.8 Å². The van der Waals surface area contributed by atoms with E-state index in [1.54, 1.807) is 19.4 Å². The standard InChI is InChI=1S/C11H15N3O2/c1-15-7-5-13-8-10-2-3-11(9-14-10)16-6-4-12/h2-3,9,13H,5-8H2,1H3. The van der Waals surface area contributed by atoms with Gasteiger partial charge in [-0.25, -0.2) is 0 Å². The molecular formula is C11H15N3O2. The number of aromatic nitrogens is 1. The second-order valence-corrected chi connectivity index (χ2v) is 3.10. The summed E-state index contributed by atoms with van der Waals surface area (Å²) in [6.07, 6.45) is 1.62. The van der Waals surface area contributed by atoms with Crippen molar-refractivity contribution in [3.8, 4) is 11.8 Å². The maximum Gasteiger partial charge on any atom is 0.174 e. The number of hydrogen-bond donors (Lipinski definition) is 1. The fourth-order valence-electron chi connectivity index (χ4n) is 1.11. The van der Waals surface area contributed by atoms with Crippen LogP contribution in [0.15, 0.2) is 18.3 Å². The second kappa shape index (κ2) is 7.63. The van der Waals surface area contributed by atoms with Gasteiger partial charge in [0.05, 0.1) is 18.5 Å². The molecule has 0 saturated carbocycles. The summed E-state index contributed by atoms with van der Waals surface area (Å²) in [6, 6.07) is 5.57. The number of pyridine rings is 1. The molecule has 0 atom stereocenters. The van der Waals surface area contributed by atoms with Crippen molar-refractivity contribution >= 4 is 0 Å². The van der Waals surface area contributed by atoms with Crippen molar-refractivity contribution in [2.75, 3.05) is 26.9 Å². The van der Waals surface area contributed by atoms with Gasteiger partial charge in [-0.05, 0) is 12.1 Å². The molecule has 0 aromatic carbocycles. The smallest absolute Gasteiger partial charge is 0.174 e. The van der Waals surface area contributed by atoms with Crippen molar-refractivity contribution in [1.82, 2.24) is 10.3 Å². The molecule has 1 aromatic rings. The summed E-state index contributed by atoms with van der Waals surface area (Å²) in [7, 11) is 1.67. The van der Waals surface area contributed by atoms with E-state index < -0.39 is 0 Å². The van der Waals surface area contributed by atoms with Gasteiger partial charge in [0.2, 0.25) is 0 Å². The quantitative estimate of drug-likeness (QED) is 0.687. The molecule has 0 radical (unpaired) electrons. The molecule has 1 aromatic heterocycles. The van der Waals surface area contributed by atoms with E-state index in [1.807, 2.05) is 12.1 Å². The van der Waals surface area contributed by atoms with Crippen LogP contribution in [0.4, 0.5) is 0 Å². The highest BCUT2D eigenvalue weighted by Gasteiger charge is 1.96. The van der Waals surface area contributed by atoms with E-state index in [9.17, 15) is 0 Å². The summed E-state index contributed by atoms with van der Waals surface area (Å²) in [4.78, 5) is 4.19. The van der Waals surface area contributed by atoms with Crippen LogP contribution in [0.2, 0.25) is 0 Å². The molecule has 0 aliphatic carbocycles. The van der Waals surface area contributed by atoms with Crippen LogP contribution in [-0.4, -0.2) is 31.9 Å². The molecule has 0 bridgehead atoms. The number of rotatable bonds is 7. The fourth-order valence-corrected chi connectivity index (χ4v) is 1.11. The van der Waals surface area contributed by atoms with Crippen LogP contribution in [0.1, 0.15) is 5.69 Å². The molecule has 0 aliphatic rings. The molecule has 86 valence electrons. The average molecular weight is 221 g/mol. The lowest BCUT2D eigenvalue weighted by molar-refractivity contribution is 0.199. The van der Waals surface area contributed by atoms with Crippen LogP contribution in [-0.2, 0) is 11.3 Å². The van der Waals surface area contributed by atoms with Crippen LogP contribution < -0.4 is 10.1 Å². The summed E-state index contributed by atoms with van der Waals surface area (Å²) in [5.74, 6) is 0.613. The normalized spacial score (nSPS) is 9.75. The number of ether oxygens (including phenoxy) is 2. The van der Waals surface area contributed by atoms with Gasteiger partial charge in [0.15, 0.2) is 6.61 Å². The predicted octanol–water partition coefficient (Wildman–Crippen LogP) is 0.720. The van der Waals surface area contributed by atoms with E-state index in [4.69, 9.17) is 14.7 Å². The SMILES string of the molecule is COCCNCc1ccc(OCC#N)cn1. The molecule has 1 heterocycles. The number of nitrogens with zero attached hydrogens (tertiary/aromatic N) is 2. The van der Waals surface area contributed by atoms with Crippen LogP contribution in [0, 0.1) is 11.3 Å². The molecule has 0 spiro atoms. The molecule has 0 fully saturated rings. The molecule has 0 unspecified atom stereocenters. The van der Waals surface area contributed by atoms with Gasteiger partial charge in [0, 0.05) is 20.2 Å². The maximum atomic E-state index is 8.33. The first-order chi connectivity index (χ1) is 7.86. The summed E-state index contributed by atoms with van der Waals surface area (Å²) in [6.45, 7) is 2.23. The minimum absolute atomic E-state index is 0.0487. The predicted molar refractivity (Wildman–Crippen MR) is 58.9 cm³/mol. The molecule has 0 amide bonds. The number of methoxy groups -OCH3 is 1. The first-order valence-corrected chi connectivity index (χ1v) is 5.01. The third-order valence-corrected chi connectivity index (χ3v) is 1.89. The lowest BCUT2D eigenvalue weighted by Crippen LogP contribution is -2.19. The summed E-state index contributed by atoms with van der Waals surface area (Å²) >= 11 is 0. The highest BCUT2D eigenvalue weighted by atomic mass is 16.5. The molecule has 16 heavy (non-hydrogen) atoms. The Morgan fingerprint density at radius 3 is 3.00 bits per heavy atom. The van der Waals surface area contributed by atoms with Gasteiger partial charge >= 0.3 is 0 Å². The van der Waals surface area contributed by atoms with E-state index in [0.29, 0.717) is 18.9 Å². The third-order valence-electron chi connectivity index (χ3n) is 1.89. The Morgan fingerprint density at radius 1 is 1.50 bits per heavy atom. The zero-order valence-electron chi connectivity index (χ0n) is 9.27. The van der Waals surface area contributed by atoms with Gasteiger partial charge in [0.25, 0.3) is 0 Å². The molecule has 0 aliphatic heterocycles. The second-order valence-electron chi connectivity index (χ2n) is 3.10. The topological polar surface area (TPSA) is 67.2 Å². The Morgan fingerprint density at radius 2 is 2.38 bits per heavy atom.